The summed E-state index contributed by atoms with van der Waals surface area (Å²) in [6.07, 6.45) is 2.25. The van der Waals surface area contributed by atoms with E-state index in [1.165, 1.54) is 41.7 Å². The number of sulfonamides is 1. The summed E-state index contributed by atoms with van der Waals surface area (Å²) in [7, 11) is -0.832. The number of ether oxygens (including phenoxy) is 1. The van der Waals surface area contributed by atoms with Gasteiger partial charge in [0.2, 0.25) is 10.0 Å². The van der Waals surface area contributed by atoms with Gasteiger partial charge in [-0.15, -0.1) is 0 Å². The van der Waals surface area contributed by atoms with Gasteiger partial charge in [-0.25, -0.2) is 21.9 Å². The number of hydrogen-bond acceptors (Lipinski definition) is 6. The molecule has 9 heteroatoms. The van der Waals surface area contributed by atoms with Crippen LogP contribution in [0.5, 0.6) is 0 Å². The number of nitrogens with one attached hydrogen (secondary N) is 2. The normalized spacial score (nSPS) is 19.0. The number of halogens is 1. The van der Waals surface area contributed by atoms with Gasteiger partial charge in [0.15, 0.2) is 0 Å². The van der Waals surface area contributed by atoms with Crippen molar-refractivity contribution < 1.29 is 22.3 Å². The van der Waals surface area contributed by atoms with E-state index < -0.39 is 16.0 Å². The summed E-state index contributed by atoms with van der Waals surface area (Å²) in [5, 5.41) is 0. The van der Waals surface area contributed by atoms with Crippen molar-refractivity contribution in [2.24, 2.45) is 0 Å². The molecule has 0 aliphatic carbocycles. The van der Waals surface area contributed by atoms with Gasteiger partial charge in [-0.3, -0.25) is 10.9 Å². The van der Waals surface area contributed by atoms with Crippen molar-refractivity contribution >= 4 is 16.0 Å². The topological polar surface area (TPSA) is 87.7 Å². The zero-order valence-electron chi connectivity index (χ0n) is 17.9. The Bertz CT molecular complexity index is 1040. The average molecular weight is 450 g/mol. The van der Waals surface area contributed by atoms with Crippen molar-refractivity contribution in [3.05, 3.63) is 65.0 Å². The molecular formula is C22H28FN3O4S. The van der Waals surface area contributed by atoms with Crippen LogP contribution in [-0.2, 0) is 14.8 Å². The molecule has 7 nitrogen and oxygen atoms in total. The Morgan fingerprint density at radius 3 is 2.68 bits per heavy atom. The van der Waals surface area contributed by atoms with E-state index in [0.29, 0.717) is 24.1 Å². The number of carbonyl (C=O) groups is 1. The van der Waals surface area contributed by atoms with E-state index in [-0.39, 0.29) is 22.8 Å². The first-order valence-electron chi connectivity index (χ1n) is 10.1. The fourth-order valence-corrected chi connectivity index (χ4v) is 5.20. The molecule has 1 saturated heterocycles. The lowest BCUT2D eigenvalue weighted by Crippen LogP contribution is -2.32. The summed E-state index contributed by atoms with van der Waals surface area (Å²) in [5.74, 6) is -0.765. The van der Waals surface area contributed by atoms with Gasteiger partial charge in [-0.2, -0.15) is 0 Å². The molecule has 1 heterocycles. The van der Waals surface area contributed by atoms with E-state index in [0.717, 1.165) is 18.4 Å². The maximum Gasteiger partial charge on any atom is 0.337 e. The molecule has 1 aliphatic heterocycles. The maximum absolute atomic E-state index is 13.4. The minimum atomic E-state index is -3.67. The van der Waals surface area contributed by atoms with Gasteiger partial charge in [0, 0.05) is 25.7 Å². The van der Waals surface area contributed by atoms with Crippen molar-refractivity contribution in [3.63, 3.8) is 0 Å². The largest absolute Gasteiger partial charge is 0.465 e. The highest BCUT2D eigenvalue weighted by atomic mass is 32.2. The molecule has 2 N–H and O–H groups in total. The molecule has 2 aromatic rings. The number of carbonyl (C=O) groups excluding carboxylic acids is 1. The molecule has 0 amide bonds. The molecule has 2 unspecified atom stereocenters. The highest BCUT2D eigenvalue weighted by Gasteiger charge is 2.27. The van der Waals surface area contributed by atoms with Crippen LogP contribution in [-0.4, -0.2) is 45.4 Å². The minimum Gasteiger partial charge on any atom is -0.465 e. The maximum atomic E-state index is 13.4. The SMILES string of the molecule is COC(=O)c1ccc(S(=O)(=O)N(C)CCCC2CC(c3cccc(F)c3)NN2)c(C)c1. The quantitative estimate of drug-likeness (QED) is 0.603. The molecule has 2 atom stereocenters. The zero-order chi connectivity index (χ0) is 22.6. The van der Waals surface area contributed by atoms with E-state index in [9.17, 15) is 17.6 Å². The molecule has 2 aromatic carbocycles. The van der Waals surface area contributed by atoms with Crippen molar-refractivity contribution in [3.8, 4) is 0 Å². The highest BCUT2D eigenvalue weighted by molar-refractivity contribution is 7.89. The lowest BCUT2D eigenvalue weighted by Gasteiger charge is -2.19. The van der Waals surface area contributed by atoms with Crippen molar-refractivity contribution in [2.45, 2.75) is 43.2 Å². The average Bonchev–Trinajstić information content (AvgIpc) is 3.21. The Labute approximate surface area is 182 Å². The summed E-state index contributed by atoms with van der Waals surface area (Å²) in [5.41, 5.74) is 8.10. The van der Waals surface area contributed by atoms with Crippen molar-refractivity contribution in [2.75, 3.05) is 20.7 Å². The van der Waals surface area contributed by atoms with Gasteiger partial charge in [-0.05, 0) is 67.6 Å². The minimum absolute atomic E-state index is 0.0261. The van der Waals surface area contributed by atoms with Crippen molar-refractivity contribution in [1.29, 1.82) is 0 Å². The Balaban J connectivity index is 1.54. The third kappa shape index (κ3) is 5.48. The summed E-state index contributed by atoms with van der Waals surface area (Å²) >= 11 is 0. The number of aryl methyl sites for hydroxylation is 1. The molecule has 1 aliphatic rings. The number of nitrogens with zero attached hydrogens (tertiary/aromatic N) is 1. The van der Waals surface area contributed by atoms with Gasteiger partial charge in [0.05, 0.1) is 17.6 Å². The summed E-state index contributed by atoms with van der Waals surface area (Å²) < 4.78 is 45.3. The molecule has 0 bridgehead atoms. The Kier molecular flexibility index (Phi) is 7.42. The predicted molar refractivity (Wildman–Crippen MR) is 115 cm³/mol. The number of methoxy groups -OCH3 is 1. The summed E-state index contributed by atoms with van der Waals surface area (Å²) in [6.45, 7) is 2.02. The number of hydrogen-bond donors (Lipinski definition) is 2. The lowest BCUT2D eigenvalue weighted by atomic mass is 10.00. The molecule has 0 aromatic heterocycles. The number of rotatable bonds is 8. The summed E-state index contributed by atoms with van der Waals surface area (Å²) in [6, 6.07) is 11.1. The number of hydrazine groups is 1. The van der Waals surface area contributed by atoms with E-state index in [4.69, 9.17) is 0 Å². The fraction of sp³-hybridized carbons (Fsp3) is 0.409. The third-order valence-corrected chi connectivity index (χ3v) is 7.56. The second kappa shape index (κ2) is 9.86. The van der Waals surface area contributed by atoms with Crippen LogP contribution in [0.1, 0.15) is 46.8 Å². The molecule has 3 rings (SSSR count). The monoisotopic (exact) mass is 449 g/mol. The first kappa shape index (κ1) is 23.3. The smallest absolute Gasteiger partial charge is 0.337 e. The molecular weight excluding hydrogens is 421 g/mol. The standard InChI is InChI=1S/C22H28FN3O4S/c1-15-12-17(22(27)30-3)9-10-21(15)31(28,29)26(2)11-5-8-19-14-20(25-24-19)16-6-4-7-18(23)13-16/h4,6-7,9-10,12-13,19-20,24-25H,5,8,11,14H2,1-3H3. The Morgan fingerprint density at radius 1 is 1.23 bits per heavy atom. The van der Waals surface area contributed by atoms with Gasteiger partial charge < -0.3 is 4.74 Å². The van der Waals surface area contributed by atoms with Crippen LogP contribution in [0.15, 0.2) is 47.4 Å². The van der Waals surface area contributed by atoms with E-state index in [1.54, 1.807) is 20.0 Å². The van der Waals surface area contributed by atoms with Crippen LogP contribution in [0.2, 0.25) is 0 Å². The third-order valence-electron chi connectivity index (χ3n) is 5.54. The molecule has 0 saturated carbocycles. The molecule has 0 spiro atoms. The highest BCUT2D eigenvalue weighted by Crippen LogP contribution is 2.25. The molecule has 168 valence electrons. The van der Waals surface area contributed by atoms with Gasteiger partial charge in [0.25, 0.3) is 0 Å². The molecule has 1 fully saturated rings. The molecule has 0 radical (unpaired) electrons. The predicted octanol–water partition coefficient (Wildman–Crippen LogP) is 2.93. The van der Waals surface area contributed by atoms with Crippen LogP contribution in [0, 0.1) is 12.7 Å². The van der Waals surface area contributed by atoms with Gasteiger partial charge >= 0.3 is 5.97 Å². The first-order chi connectivity index (χ1) is 14.7. The van der Waals surface area contributed by atoms with Crippen LogP contribution in [0.25, 0.3) is 0 Å². The fourth-order valence-electron chi connectivity index (χ4n) is 3.79. The molecule has 31 heavy (non-hydrogen) atoms. The second-order valence-corrected chi connectivity index (χ2v) is 9.78. The number of benzene rings is 2. The Hall–Kier alpha value is -2.33. The van der Waals surface area contributed by atoms with Crippen LogP contribution in [0.3, 0.4) is 0 Å². The number of esters is 1. The Morgan fingerprint density at radius 2 is 2.00 bits per heavy atom. The first-order valence-corrected chi connectivity index (χ1v) is 11.6. The zero-order valence-corrected chi connectivity index (χ0v) is 18.7. The van der Waals surface area contributed by atoms with Crippen LogP contribution >= 0.6 is 0 Å². The van der Waals surface area contributed by atoms with E-state index in [1.807, 2.05) is 6.07 Å². The lowest BCUT2D eigenvalue weighted by molar-refractivity contribution is 0.0600. The van der Waals surface area contributed by atoms with Crippen molar-refractivity contribution in [1.82, 2.24) is 15.2 Å². The van der Waals surface area contributed by atoms with Gasteiger partial charge in [-0.1, -0.05) is 12.1 Å². The van der Waals surface area contributed by atoms with Gasteiger partial charge in [0.1, 0.15) is 5.82 Å². The van der Waals surface area contributed by atoms with Crippen LogP contribution in [0.4, 0.5) is 4.39 Å². The second-order valence-electron chi connectivity index (χ2n) is 7.77. The van der Waals surface area contributed by atoms with Crippen LogP contribution < -0.4 is 10.9 Å². The summed E-state index contributed by atoms with van der Waals surface area (Å²) in [4.78, 5) is 11.8. The van der Waals surface area contributed by atoms with E-state index >= 15 is 0 Å². The van der Waals surface area contributed by atoms with E-state index in [2.05, 4.69) is 15.6 Å².